The minimum atomic E-state index is -0.263. The molecule has 0 bridgehead atoms. The molecule has 28 heavy (non-hydrogen) atoms. The standard InChI is InChI=1S/C21H23N3O4/c1-13(16-12-14(27-2)8-9-18(16)28-3)22-20(25)11-10-19-23-17-7-5-4-6-15(17)21(26)24-19/h4-9,12-13H,10-11H2,1-3H3,(H,22,25)(H,23,24,26). The van der Waals surface area contributed by atoms with Crippen LogP contribution in [0.1, 0.15) is 30.8 Å². The summed E-state index contributed by atoms with van der Waals surface area (Å²) in [6.07, 6.45) is 0.547. The highest BCUT2D eigenvalue weighted by Crippen LogP contribution is 2.29. The predicted molar refractivity (Wildman–Crippen MR) is 107 cm³/mol. The van der Waals surface area contributed by atoms with Gasteiger partial charge < -0.3 is 19.8 Å². The van der Waals surface area contributed by atoms with Crippen molar-refractivity contribution < 1.29 is 14.3 Å². The summed E-state index contributed by atoms with van der Waals surface area (Å²) in [5.74, 6) is 1.71. The minimum absolute atomic E-state index is 0.145. The fraction of sp³-hybridized carbons (Fsp3) is 0.286. The number of hydrogen-bond acceptors (Lipinski definition) is 5. The molecule has 1 amide bonds. The number of para-hydroxylation sites is 1. The highest BCUT2D eigenvalue weighted by molar-refractivity contribution is 5.78. The van der Waals surface area contributed by atoms with E-state index in [0.29, 0.717) is 34.6 Å². The van der Waals surface area contributed by atoms with Gasteiger partial charge in [-0.2, -0.15) is 0 Å². The van der Waals surface area contributed by atoms with E-state index in [1.807, 2.05) is 19.1 Å². The van der Waals surface area contributed by atoms with Crippen LogP contribution < -0.4 is 20.3 Å². The van der Waals surface area contributed by atoms with Crippen molar-refractivity contribution in [2.45, 2.75) is 25.8 Å². The summed E-state index contributed by atoms with van der Waals surface area (Å²) in [5, 5.41) is 3.49. The molecule has 1 heterocycles. The number of amides is 1. The monoisotopic (exact) mass is 381 g/mol. The normalized spacial score (nSPS) is 11.8. The molecule has 0 aliphatic carbocycles. The third-order valence-electron chi connectivity index (χ3n) is 4.53. The minimum Gasteiger partial charge on any atom is -0.497 e. The Morgan fingerprint density at radius 3 is 2.71 bits per heavy atom. The predicted octanol–water partition coefficient (Wildman–Crippen LogP) is 2.75. The Bertz CT molecular complexity index is 1050. The van der Waals surface area contributed by atoms with Gasteiger partial charge in [0.1, 0.15) is 17.3 Å². The van der Waals surface area contributed by atoms with Crippen LogP contribution in [-0.4, -0.2) is 30.1 Å². The topological polar surface area (TPSA) is 93.3 Å². The molecular formula is C21H23N3O4. The lowest BCUT2D eigenvalue weighted by atomic mass is 10.1. The second-order valence-corrected chi connectivity index (χ2v) is 6.43. The van der Waals surface area contributed by atoms with Gasteiger partial charge in [-0.15, -0.1) is 0 Å². The number of nitrogens with one attached hydrogen (secondary N) is 2. The molecule has 0 aliphatic rings. The zero-order valence-electron chi connectivity index (χ0n) is 16.1. The Kier molecular flexibility index (Phi) is 5.93. The zero-order valence-corrected chi connectivity index (χ0v) is 16.1. The van der Waals surface area contributed by atoms with Gasteiger partial charge in [0.25, 0.3) is 5.56 Å². The fourth-order valence-corrected chi connectivity index (χ4v) is 3.05. The molecule has 2 aromatic carbocycles. The first kappa shape index (κ1) is 19.4. The Hall–Kier alpha value is -3.35. The van der Waals surface area contributed by atoms with Crippen molar-refractivity contribution in [1.82, 2.24) is 15.3 Å². The second-order valence-electron chi connectivity index (χ2n) is 6.43. The van der Waals surface area contributed by atoms with Crippen LogP contribution in [0.5, 0.6) is 11.5 Å². The van der Waals surface area contributed by atoms with Gasteiger partial charge in [0, 0.05) is 18.4 Å². The molecule has 7 nitrogen and oxygen atoms in total. The van der Waals surface area contributed by atoms with E-state index in [1.54, 1.807) is 44.6 Å². The fourth-order valence-electron chi connectivity index (χ4n) is 3.05. The Morgan fingerprint density at radius 1 is 1.18 bits per heavy atom. The molecule has 3 rings (SSSR count). The first-order chi connectivity index (χ1) is 13.5. The summed E-state index contributed by atoms with van der Waals surface area (Å²) in [6.45, 7) is 1.88. The summed E-state index contributed by atoms with van der Waals surface area (Å²) in [6, 6.07) is 12.3. The van der Waals surface area contributed by atoms with E-state index in [1.165, 1.54) is 0 Å². The number of H-pyrrole nitrogens is 1. The number of aryl methyl sites for hydroxylation is 1. The Morgan fingerprint density at radius 2 is 1.96 bits per heavy atom. The van der Waals surface area contributed by atoms with Crippen LogP contribution in [0.15, 0.2) is 47.3 Å². The molecule has 2 N–H and O–H groups in total. The highest BCUT2D eigenvalue weighted by atomic mass is 16.5. The van der Waals surface area contributed by atoms with Gasteiger partial charge in [0.15, 0.2) is 0 Å². The van der Waals surface area contributed by atoms with E-state index in [0.717, 1.165) is 5.56 Å². The van der Waals surface area contributed by atoms with Crippen molar-refractivity contribution in [2.24, 2.45) is 0 Å². The summed E-state index contributed by atoms with van der Waals surface area (Å²) in [5.41, 5.74) is 1.25. The molecule has 0 saturated heterocycles. The molecule has 1 aromatic heterocycles. The quantitative estimate of drug-likeness (QED) is 0.656. The first-order valence-electron chi connectivity index (χ1n) is 9.01. The molecule has 0 saturated carbocycles. The van der Waals surface area contributed by atoms with Crippen molar-refractivity contribution in [3.05, 3.63) is 64.2 Å². The van der Waals surface area contributed by atoms with Gasteiger partial charge in [0.2, 0.25) is 5.91 Å². The third-order valence-corrected chi connectivity index (χ3v) is 4.53. The SMILES string of the molecule is COc1ccc(OC)c(C(C)NC(=O)CCc2nc3ccccc3c(=O)[nH]2)c1. The van der Waals surface area contributed by atoms with E-state index in [9.17, 15) is 9.59 Å². The molecule has 0 spiro atoms. The summed E-state index contributed by atoms with van der Waals surface area (Å²) in [4.78, 5) is 31.7. The molecule has 7 heteroatoms. The van der Waals surface area contributed by atoms with Gasteiger partial charge >= 0.3 is 0 Å². The largest absolute Gasteiger partial charge is 0.497 e. The number of nitrogens with zero attached hydrogens (tertiary/aromatic N) is 1. The van der Waals surface area contributed by atoms with Crippen LogP contribution >= 0.6 is 0 Å². The van der Waals surface area contributed by atoms with Gasteiger partial charge in [0.05, 0.1) is 31.2 Å². The number of fused-ring (bicyclic) bond motifs is 1. The number of carbonyl (C=O) groups is 1. The number of aromatic amines is 1. The van der Waals surface area contributed by atoms with Gasteiger partial charge in [-0.3, -0.25) is 9.59 Å². The summed E-state index contributed by atoms with van der Waals surface area (Å²) in [7, 11) is 3.17. The van der Waals surface area contributed by atoms with Gasteiger partial charge in [-0.05, 0) is 37.3 Å². The number of benzene rings is 2. The number of hydrogen-bond donors (Lipinski definition) is 2. The van der Waals surface area contributed by atoms with Crippen LogP contribution in [0.3, 0.4) is 0 Å². The molecule has 0 aliphatic heterocycles. The van der Waals surface area contributed by atoms with Crippen molar-refractivity contribution in [1.29, 1.82) is 0 Å². The van der Waals surface area contributed by atoms with Crippen molar-refractivity contribution in [2.75, 3.05) is 14.2 Å². The number of rotatable bonds is 7. The van der Waals surface area contributed by atoms with Crippen LogP contribution in [0.4, 0.5) is 0 Å². The lowest BCUT2D eigenvalue weighted by Gasteiger charge is -2.18. The first-order valence-corrected chi connectivity index (χ1v) is 9.01. The number of methoxy groups -OCH3 is 2. The molecule has 1 atom stereocenters. The van der Waals surface area contributed by atoms with Gasteiger partial charge in [-0.25, -0.2) is 4.98 Å². The van der Waals surface area contributed by atoms with Crippen LogP contribution in [0.2, 0.25) is 0 Å². The lowest BCUT2D eigenvalue weighted by Crippen LogP contribution is -2.27. The van der Waals surface area contributed by atoms with Crippen LogP contribution in [0.25, 0.3) is 10.9 Å². The van der Waals surface area contributed by atoms with Gasteiger partial charge in [-0.1, -0.05) is 12.1 Å². The van der Waals surface area contributed by atoms with Crippen LogP contribution in [-0.2, 0) is 11.2 Å². The molecule has 3 aromatic rings. The van der Waals surface area contributed by atoms with Crippen molar-refractivity contribution in [3.63, 3.8) is 0 Å². The maximum absolute atomic E-state index is 12.4. The second kappa shape index (κ2) is 8.56. The number of aromatic nitrogens is 2. The molecule has 0 radical (unpaired) electrons. The summed E-state index contributed by atoms with van der Waals surface area (Å²) >= 11 is 0. The molecular weight excluding hydrogens is 358 g/mol. The smallest absolute Gasteiger partial charge is 0.258 e. The van der Waals surface area contributed by atoms with E-state index in [-0.39, 0.29) is 23.9 Å². The van der Waals surface area contributed by atoms with E-state index < -0.39 is 0 Å². The lowest BCUT2D eigenvalue weighted by molar-refractivity contribution is -0.121. The number of ether oxygens (including phenoxy) is 2. The Balaban J connectivity index is 1.67. The average molecular weight is 381 g/mol. The van der Waals surface area contributed by atoms with E-state index >= 15 is 0 Å². The maximum Gasteiger partial charge on any atom is 0.258 e. The van der Waals surface area contributed by atoms with Crippen molar-refractivity contribution in [3.8, 4) is 11.5 Å². The summed E-state index contributed by atoms with van der Waals surface area (Å²) < 4.78 is 10.6. The zero-order chi connectivity index (χ0) is 20.1. The average Bonchev–Trinajstić information content (AvgIpc) is 2.71. The number of carbonyl (C=O) groups excluding carboxylic acids is 1. The third kappa shape index (κ3) is 4.31. The van der Waals surface area contributed by atoms with E-state index in [4.69, 9.17) is 9.47 Å². The van der Waals surface area contributed by atoms with E-state index in [2.05, 4.69) is 15.3 Å². The molecule has 1 unspecified atom stereocenters. The van der Waals surface area contributed by atoms with Crippen molar-refractivity contribution >= 4 is 16.8 Å². The molecule has 0 fully saturated rings. The highest BCUT2D eigenvalue weighted by Gasteiger charge is 2.15. The maximum atomic E-state index is 12.4. The van der Waals surface area contributed by atoms with Crippen LogP contribution in [0, 0.1) is 0 Å². The molecule has 146 valence electrons. The Labute approximate surface area is 162 Å².